The third-order valence-electron chi connectivity index (χ3n) is 4.41. The maximum absolute atomic E-state index is 12.5. The summed E-state index contributed by atoms with van der Waals surface area (Å²) in [6.45, 7) is 8.48. The number of benzene rings is 2. The summed E-state index contributed by atoms with van der Waals surface area (Å²) in [6.07, 6.45) is 0.132. The summed E-state index contributed by atoms with van der Waals surface area (Å²) in [5.41, 5.74) is 3.27. The first kappa shape index (κ1) is 20.5. The molecule has 0 aliphatic heterocycles. The summed E-state index contributed by atoms with van der Waals surface area (Å²) in [6, 6.07) is 14.8. The van der Waals surface area contributed by atoms with Crippen LogP contribution in [0.3, 0.4) is 0 Å². The first-order valence-electron chi connectivity index (χ1n) is 9.61. The molecular formula is C23H26N2O4. The van der Waals surface area contributed by atoms with Crippen LogP contribution < -0.4 is 14.8 Å². The molecule has 0 bridgehead atoms. The van der Waals surface area contributed by atoms with E-state index in [1.54, 1.807) is 18.2 Å². The van der Waals surface area contributed by atoms with Crippen LogP contribution in [0.1, 0.15) is 46.8 Å². The van der Waals surface area contributed by atoms with Crippen molar-refractivity contribution in [2.24, 2.45) is 0 Å². The number of nitrogens with zero attached hydrogens (tertiary/aromatic N) is 1. The summed E-state index contributed by atoms with van der Waals surface area (Å²) >= 11 is 0. The molecule has 0 aliphatic carbocycles. The monoisotopic (exact) mass is 394 g/mol. The van der Waals surface area contributed by atoms with Gasteiger partial charge in [-0.25, -0.2) is 0 Å². The highest BCUT2D eigenvalue weighted by molar-refractivity contribution is 5.94. The lowest BCUT2D eigenvalue weighted by Gasteiger charge is -2.11. The molecule has 3 rings (SSSR count). The number of carbonyl (C=O) groups is 1. The number of carbonyl (C=O) groups excluding carboxylic acids is 1. The lowest BCUT2D eigenvalue weighted by molar-refractivity contribution is 0.0950. The smallest absolute Gasteiger partial charge is 0.251 e. The van der Waals surface area contributed by atoms with Crippen molar-refractivity contribution in [2.45, 2.75) is 47.0 Å². The molecule has 0 atom stereocenters. The van der Waals surface area contributed by atoms with Crippen LogP contribution in [0.4, 0.5) is 0 Å². The molecule has 1 aromatic heterocycles. The minimum absolute atomic E-state index is 0.132. The summed E-state index contributed by atoms with van der Waals surface area (Å²) < 4.78 is 16.6. The van der Waals surface area contributed by atoms with Gasteiger partial charge in [-0.2, -0.15) is 0 Å². The van der Waals surface area contributed by atoms with Gasteiger partial charge in [0, 0.05) is 12.1 Å². The van der Waals surface area contributed by atoms with Crippen molar-refractivity contribution in [3.8, 4) is 11.5 Å². The average Bonchev–Trinajstić information content (AvgIpc) is 3.03. The van der Waals surface area contributed by atoms with Crippen LogP contribution in [-0.4, -0.2) is 17.2 Å². The Hall–Kier alpha value is -3.28. The molecule has 1 amide bonds. The molecule has 0 fully saturated rings. The van der Waals surface area contributed by atoms with Crippen molar-refractivity contribution in [3.05, 3.63) is 76.7 Å². The van der Waals surface area contributed by atoms with Gasteiger partial charge >= 0.3 is 0 Å². The first-order valence-corrected chi connectivity index (χ1v) is 9.61. The van der Waals surface area contributed by atoms with E-state index < -0.39 is 0 Å². The van der Waals surface area contributed by atoms with E-state index in [1.807, 2.05) is 58.0 Å². The summed E-state index contributed by atoms with van der Waals surface area (Å²) in [4.78, 5) is 12.5. The molecule has 0 unspecified atom stereocenters. The molecule has 0 spiro atoms. The van der Waals surface area contributed by atoms with Gasteiger partial charge in [0.05, 0.1) is 17.4 Å². The third kappa shape index (κ3) is 5.60. The number of hydrogen-bond donors (Lipinski definition) is 1. The Morgan fingerprint density at radius 3 is 2.52 bits per heavy atom. The summed E-state index contributed by atoms with van der Waals surface area (Å²) in [7, 11) is 0. The number of hydrogen-bond acceptors (Lipinski definition) is 5. The van der Waals surface area contributed by atoms with Gasteiger partial charge in [-0.3, -0.25) is 4.79 Å². The quantitative estimate of drug-likeness (QED) is 0.605. The molecular weight excluding hydrogens is 368 g/mol. The fourth-order valence-corrected chi connectivity index (χ4v) is 2.83. The van der Waals surface area contributed by atoms with E-state index in [2.05, 4.69) is 10.5 Å². The Morgan fingerprint density at radius 1 is 1.10 bits per heavy atom. The van der Waals surface area contributed by atoms with Crippen molar-refractivity contribution in [1.29, 1.82) is 0 Å². The Kier molecular flexibility index (Phi) is 6.54. The van der Waals surface area contributed by atoms with E-state index >= 15 is 0 Å². The number of rotatable bonds is 8. The van der Waals surface area contributed by atoms with Crippen LogP contribution in [0.2, 0.25) is 0 Å². The molecule has 0 radical (unpaired) electrons. The largest absolute Gasteiger partial charge is 0.491 e. The molecule has 6 heteroatoms. The highest BCUT2D eigenvalue weighted by Crippen LogP contribution is 2.19. The minimum Gasteiger partial charge on any atom is -0.491 e. The molecule has 0 aliphatic rings. The van der Waals surface area contributed by atoms with Crippen molar-refractivity contribution >= 4 is 5.91 Å². The molecule has 29 heavy (non-hydrogen) atoms. The predicted molar refractivity (Wildman–Crippen MR) is 110 cm³/mol. The van der Waals surface area contributed by atoms with Gasteiger partial charge in [-0.15, -0.1) is 0 Å². The number of amides is 1. The lowest BCUT2D eigenvalue weighted by Crippen LogP contribution is -2.22. The Balaban J connectivity index is 1.56. The normalized spacial score (nSPS) is 10.8. The molecule has 0 saturated heterocycles. The van der Waals surface area contributed by atoms with Gasteiger partial charge in [-0.05, 0) is 63.6 Å². The van der Waals surface area contributed by atoms with Crippen LogP contribution in [0.5, 0.6) is 11.5 Å². The SMILES string of the molecule is Cc1noc(C)c1COc1cccc(C(=O)NCc2ccc(OC(C)C)cc2)c1. The molecule has 0 saturated carbocycles. The lowest BCUT2D eigenvalue weighted by atomic mass is 10.1. The molecule has 1 heterocycles. The van der Waals surface area contributed by atoms with E-state index in [9.17, 15) is 4.79 Å². The highest BCUT2D eigenvalue weighted by Gasteiger charge is 2.11. The molecule has 3 aromatic rings. The van der Waals surface area contributed by atoms with Crippen molar-refractivity contribution in [1.82, 2.24) is 10.5 Å². The Morgan fingerprint density at radius 2 is 1.86 bits per heavy atom. The molecule has 2 aromatic carbocycles. The van der Waals surface area contributed by atoms with Gasteiger partial charge in [0.2, 0.25) is 0 Å². The zero-order valence-corrected chi connectivity index (χ0v) is 17.2. The molecule has 1 N–H and O–H groups in total. The van der Waals surface area contributed by atoms with Crippen molar-refractivity contribution < 1.29 is 18.8 Å². The number of aryl methyl sites for hydroxylation is 2. The van der Waals surface area contributed by atoms with Crippen molar-refractivity contribution in [2.75, 3.05) is 0 Å². The number of ether oxygens (including phenoxy) is 2. The number of nitrogens with one attached hydrogen (secondary N) is 1. The second-order valence-electron chi connectivity index (χ2n) is 7.11. The van der Waals surface area contributed by atoms with E-state index in [-0.39, 0.29) is 12.0 Å². The standard InChI is InChI=1S/C23H26N2O4/c1-15(2)28-20-10-8-18(9-11-20)13-24-23(26)19-6-5-7-21(12-19)27-14-22-16(3)25-29-17(22)4/h5-12,15H,13-14H2,1-4H3,(H,24,26). The number of aromatic nitrogens is 1. The van der Waals surface area contributed by atoms with Crippen molar-refractivity contribution in [3.63, 3.8) is 0 Å². The van der Waals surface area contributed by atoms with Gasteiger partial charge in [-0.1, -0.05) is 23.4 Å². The van der Waals surface area contributed by atoms with Crippen LogP contribution in [0.15, 0.2) is 53.1 Å². The summed E-state index contributed by atoms with van der Waals surface area (Å²) in [5, 5.41) is 6.85. The van der Waals surface area contributed by atoms with Gasteiger partial charge in [0.15, 0.2) is 0 Å². The third-order valence-corrected chi connectivity index (χ3v) is 4.41. The van der Waals surface area contributed by atoms with E-state index in [1.165, 1.54) is 0 Å². The summed E-state index contributed by atoms with van der Waals surface area (Å²) in [5.74, 6) is 2.02. The topological polar surface area (TPSA) is 73.6 Å². The Bertz CT molecular complexity index is 942. The second kappa shape index (κ2) is 9.28. The minimum atomic E-state index is -0.157. The van der Waals surface area contributed by atoms with Crippen LogP contribution >= 0.6 is 0 Å². The maximum Gasteiger partial charge on any atom is 0.251 e. The molecule has 6 nitrogen and oxygen atoms in total. The van der Waals surface area contributed by atoms with Gasteiger partial charge in [0.1, 0.15) is 23.9 Å². The molecule has 152 valence electrons. The highest BCUT2D eigenvalue weighted by atomic mass is 16.5. The maximum atomic E-state index is 12.5. The predicted octanol–water partition coefficient (Wildman–Crippen LogP) is 4.59. The van der Waals surface area contributed by atoms with Crippen LogP contribution in [0.25, 0.3) is 0 Å². The second-order valence-corrected chi connectivity index (χ2v) is 7.11. The van der Waals surface area contributed by atoms with E-state index in [4.69, 9.17) is 14.0 Å². The van der Waals surface area contributed by atoms with Crippen LogP contribution in [-0.2, 0) is 13.2 Å². The average molecular weight is 394 g/mol. The van der Waals surface area contributed by atoms with Gasteiger partial charge in [0.25, 0.3) is 5.91 Å². The Labute approximate surface area is 170 Å². The first-order chi connectivity index (χ1) is 13.9. The van der Waals surface area contributed by atoms with E-state index in [0.717, 1.165) is 28.3 Å². The van der Waals surface area contributed by atoms with Crippen LogP contribution in [0, 0.1) is 13.8 Å². The van der Waals surface area contributed by atoms with Gasteiger partial charge < -0.3 is 19.3 Å². The zero-order chi connectivity index (χ0) is 20.8. The fourth-order valence-electron chi connectivity index (χ4n) is 2.83. The fraction of sp³-hybridized carbons (Fsp3) is 0.304. The zero-order valence-electron chi connectivity index (χ0n) is 17.2. The van der Waals surface area contributed by atoms with E-state index in [0.29, 0.717) is 24.5 Å².